The van der Waals surface area contributed by atoms with Crippen molar-refractivity contribution in [3.05, 3.63) is 23.2 Å². The molecule has 0 saturated carbocycles. The number of thiazole rings is 1. The van der Waals surface area contributed by atoms with Gasteiger partial charge in [0, 0.05) is 0 Å². The van der Waals surface area contributed by atoms with Crippen molar-refractivity contribution in [1.29, 1.82) is 0 Å². The number of methoxy groups -OCH3 is 1. The Hall–Kier alpha value is -0.800. The Morgan fingerprint density at radius 1 is 1.54 bits per heavy atom. The summed E-state index contributed by atoms with van der Waals surface area (Å²) >= 11 is 7.28. The van der Waals surface area contributed by atoms with Crippen LogP contribution in [0.25, 0.3) is 10.2 Å². The molecule has 1 aromatic carbocycles. The second kappa shape index (κ2) is 3.52. The fourth-order valence-electron chi connectivity index (χ4n) is 1.19. The highest BCUT2D eigenvalue weighted by Crippen LogP contribution is 2.31. The molecule has 0 aliphatic heterocycles. The van der Waals surface area contributed by atoms with Crippen LogP contribution >= 0.6 is 22.9 Å². The van der Waals surface area contributed by atoms with Crippen LogP contribution in [0.3, 0.4) is 0 Å². The Morgan fingerprint density at radius 2 is 2.38 bits per heavy atom. The van der Waals surface area contributed by atoms with E-state index >= 15 is 0 Å². The Labute approximate surface area is 85.1 Å². The van der Waals surface area contributed by atoms with Crippen molar-refractivity contribution in [2.45, 2.75) is 5.88 Å². The second-order valence-electron chi connectivity index (χ2n) is 2.55. The Kier molecular flexibility index (Phi) is 2.38. The first-order chi connectivity index (χ1) is 6.35. The molecule has 0 unspecified atom stereocenters. The standard InChI is InChI=1S/C9H8ClNOS/c1-12-7-4-2-3-6-9(7)13-8(5-10)11-6/h2-4H,5H2,1H3. The van der Waals surface area contributed by atoms with E-state index in [0.29, 0.717) is 5.88 Å². The Bertz CT molecular complexity index is 426. The lowest BCUT2D eigenvalue weighted by atomic mass is 10.3. The maximum atomic E-state index is 5.70. The highest BCUT2D eigenvalue weighted by molar-refractivity contribution is 7.19. The molecule has 4 heteroatoms. The summed E-state index contributed by atoms with van der Waals surface area (Å²) in [6, 6.07) is 5.82. The van der Waals surface area contributed by atoms with Gasteiger partial charge >= 0.3 is 0 Å². The van der Waals surface area contributed by atoms with Crippen molar-refractivity contribution in [3.63, 3.8) is 0 Å². The third kappa shape index (κ3) is 1.49. The molecule has 1 aromatic heterocycles. The van der Waals surface area contributed by atoms with Crippen molar-refractivity contribution in [2.24, 2.45) is 0 Å². The minimum absolute atomic E-state index is 0.461. The first-order valence-electron chi connectivity index (χ1n) is 3.83. The van der Waals surface area contributed by atoms with Crippen molar-refractivity contribution >= 4 is 33.2 Å². The van der Waals surface area contributed by atoms with Gasteiger partial charge in [0.15, 0.2) is 0 Å². The molecule has 0 aliphatic rings. The van der Waals surface area contributed by atoms with Gasteiger partial charge in [0.05, 0.1) is 23.2 Å². The number of benzene rings is 1. The van der Waals surface area contributed by atoms with E-state index in [9.17, 15) is 0 Å². The Balaban J connectivity index is 2.67. The van der Waals surface area contributed by atoms with E-state index in [-0.39, 0.29) is 0 Å². The van der Waals surface area contributed by atoms with Crippen LogP contribution in [0.4, 0.5) is 0 Å². The van der Waals surface area contributed by atoms with E-state index in [1.807, 2.05) is 18.2 Å². The first-order valence-corrected chi connectivity index (χ1v) is 5.18. The number of rotatable bonds is 2. The van der Waals surface area contributed by atoms with Crippen LogP contribution in [0, 0.1) is 0 Å². The van der Waals surface area contributed by atoms with E-state index in [2.05, 4.69) is 4.98 Å². The van der Waals surface area contributed by atoms with Crippen molar-refractivity contribution < 1.29 is 4.74 Å². The summed E-state index contributed by atoms with van der Waals surface area (Å²) in [4.78, 5) is 4.35. The Morgan fingerprint density at radius 3 is 3.08 bits per heavy atom. The number of halogens is 1. The van der Waals surface area contributed by atoms with E-state index in [1.165, 1.54) is 0 Å². The molecule has 0 N–H and O–H groups in total. The highest BCUT2D eigenvalue weighted by atomic mass is 35.5. The number of hydrogen-bond acceptors (Lipinski definition) is 3. The molecule has 0 fully saturated rings. The molecule has 0 amide bonds. The molecule has 2 nitrogen and oxygen atoms in total. The summed E-state index contributed by atoms with van der Waals surface area (Å²) in [7, 11) is 1.66. The van der Waals surface area contributed by atoms with E-state index in [0.717, 1.165) is 21.0 Å². The van der Waals surface area contributed by atoms with Gasteiger partial charge < -0.3 is 4.74 Å². The summed E-state index contributed by atoms with van der Waals surface area (Å²) in [6.07, 6.45) is 0. The summed E-state index contributed by atoms with van der Waals surface area (Å²) in [5, 5.41) is 0.932. The number of alkyl halides is 1. The first kappa shape index (κ1) is 8.78. The second-order valence-corrected chi connectivity index (χ2v) is 3.90. The molecular formula is C9H8ClNOS. The molecule has 2 aromatic rings. The van der Waals surface area contributed by atoms with Gasteiger partial charge in [-0.25, -0.2) is 4.98 Å². The van der Waals surface area contributed by atoms with Crippen LogP contribution in [0.15, 0.2) is 18.2 Å². The maximum absolute atomic E-state index is 5.70. The third-order valence-corrected chi connectivity index (χ3v) is 3.25. The fraction of sp³-hybridized carbons (Fsp3) is 0.222. The van der Waals surface area contributed by atoms with Gasteiger partial charge in [-0.05, 0) is 12.1 Å². The lowest BCUT2D eigenvalue weighted by Gasteiger charge is -1.97. The van der Waals surface area contributed by atoms with E-state index < -0.39 is 0 Å². The molecule has 13 heavy (non-hydrogen) atoms. The van der Waals surface area contributed by atoms with Gasteiger partial charge in [-0.15, -0.1) is 22.9 Å². The molecular weight excluding hydrogens is 206 g/mol. The zero-order chi connectivity index (χ0) is 9.26. The van der Waals surface area contributed by atoms with Gasteiger partial charge in [0.25, 0.3) is 0 Å². The summed E-state index contributed by atoms with van der Waals surface area (Å²) in [6.45, 7) is 0. The molecule has 2 rings (SSSR count). The van der Waals surface area contributed by atoms with Gasteiger partial charge in [0.1, 0.15) is 10.8 Å². The minimum atomic E-state index is 0.461. The summed E-state index contributed by atoms with van der Waals surface area (Å²) in [5.74, 6) is 1.33. The number of aromatic nitrogens is 1. The summed E-state index contributed by atoms with van der Waals surface area (Å²) in [5.41, 5.74) is 0.958. The van der Waals surface area contributed by atoms with Gasteiger partial charge in [-0.3, -0.25) is 0 Å². The average molecular weight is 214 g/mol. The maximum Gasteiger partial charge on any atom is 0.138 e. The van der Waals surface area contributed by atoms with Crippen LogP contribution in [-0.4, -0.2) is 12.1 Å². The topological polar surface area (TPSA) is 22.1 Å². The number of fused-ring (bicyclic) bond motifs is 1. The predicted octanol–water partition coefficient (Wildman–Crippen LogP) is 3.04. The number of ether oxygens (including phenoxy) is 1. The molecule has 0 saturated heterocycles. The van der Waals surface area contributed by atoms with Crippen molar-refractivity contribution in [3.8, 4) is 5.75 Å². The fourth-order valence-corrected chi connectivity index (χ4v) is 2.32. The highest BCUT2D eigenvalue weighted by Gasteiger charge is 2.06. The van der Waals surface area contributed by atoms with Gasteiger partial charge in [-0.1, -0.05) is 6.07 Å². The summed E-state index contributed by atoms with van der Waals surface area (Å²) < 4.78 is 6.28. The quantitative estimate of drug-likeness (QED) is 0.716. The zero-order valence-electron chi connectivity index (χ0n) is 7.08. The van der Waals surface area contributed by atoms with Crippen LogP contribution in [0.5, 0.6) is 5.75 Å². The molecule has 0 spiro atoms. The third-order valence-electron chi connectivity index (χ3n) is 1.76. The monoisotopic (exact) mass is 213 g/mol. The smallest absolute Gasteiger partial charge is 0.138 e. The molecule has 68 valence electrons. The van der Waals surface area contributed by atoms with Gasteiger partial charge in [0.2, 0.25) is 0 Å². The molecule has 0 aliphatic carbocycles. The number of hydrogen-bond donors (Lipinski definition) is 0. The lowest BCUT2D eigenvalue weighted by molar-refractivity contribution is 0.420. The van der Waals surface area contributed by atoms with E-state index in [1.54, 1.807) is 18.4 Å². The zero-order valence-corrected chi connectivity index (χ0v) is 8.65. The van der Waals surface area contributed by atoms with E-state index in [4.69, 9.17) is 16.3 Å². The predicted molar refractivity (Wildman–Crippen MR) is 55.7 cm³/mol. The normalized spacial score (nSPS) is 10.6. The molecule has 0 radical (unpaired) electrons. The van der Waals surface area contributed by atoms with Crippen LogP contribution < -0.4 is 4.74 Å². The molecule has 1 heterocycles. The van der Waals surface area contributed by atoms with Gasteiger partial charge in [-0.2, -0.15) is 0 Å². The molecule has 0 atom stereocenters. The van der Waals surface area contributed by atoms with Crippen molar-refractivity contribution in [1.82, 2.24) is 4.98 Å². The SMILES string of the molecule is COc1cccc2nc(CCl)sc12. The van der Waals surface area contributed by atoms with Crippen LogP contribution in [0.2, 0.25) is 0 Å². The average Bonchev–Trinajstić information content (AvgIpc) is 2.59. The van der Waals surface area contributed by atoms with Crippen LogP contribution in [-0.2, 0) is 5.88 Å². The van der Waals surface area contributed by atoms with Crippen molar-refractivity contribution in [2.75, 3.05) is 7.11 Å². The lowest BCUT2D eigenvalue weighted by Crippen LogP contribution is -1.81. The minimum Gasteiger partial charge on any atom is -0.495 e. The molecule has 0 bridgehead atoms. The van der Waals surface area contributed by atoms with Crippen LogP contribution in [0.1, 0.15) is 5.01 Å². The largest absolute Gasteiger partial charge is 0.495 e. The number of nitrogens with zero attached hydrogens (tertiary/aromatic N) is 1.